The molecule has 94 valence electrons. The van der Waals surface area contributed by atoms with Crippen LogP contribution in [0, 0.1) is 5.82 Å². The van der Waals surface area contributed by atoms with Gasteiger partial charge in [0.05, 0.1) is 0 Å². The zero-order valence-electron chi connectivity index (χ0n) is 10.4. The van der Waals surface area contributed by atoms with Crippen LogP contribution in [0.1, 0.15) is 37.8 Å². The molecule has 1 aliphatic rings. The predicted octanol–water partition coefficient (Wildman–Crippen LogP) is 2.70. The molecule has 1 unspecified atom stereocenters. The van der Waals surface area contributed by atoms with E-state index in [2.05, 4.69) is 11.8 Å². The number of benzene rings is 1. The van der Waals surface area contributed by atoms with E-state index in [0.717, 1.165) is 32.4 Å². The molecule has 0 amide bonds. The molecule has 0 saturated carbocycles. The average Bonchev–Trinajstić information content (AvgIpc) is 2.35. The maximum Gasteiger partial charge on any atom is 0.123 e. The lowest BCUT2D eigenvalue weighted by Gasteiger charge is -2.36. The van der Waals surface area contributed by atoms with Gasteiger partial charge in [0, 0.05) is 25.2 Å². The highest BCUT2D eigenvalue weighted by molar-refractivity contribution is 5.20. The quantitative estimate of drug-likeness (QED) is 0.874. The lowest BCUT2D eigenvalue weighted by Crippen LogP contribution is -2.41. The van der Waals surface area contributed by atoms with Gasteiger partial charge in [-0.05, 0) is 37.0 Å². The largest absolute Gasteiger partial charge is 0.328 e. The van der Waals surface area contributed by atoms with Crippen molar-refractivity contribution >= 4 is 0 Å². The van der Waals surface area contributed by atoms with Crippen molar-refractivity contribution in [2.45, 2.75) is 38.3 Å². The monoisotopic (exact) mass is 236 g/mol. The first-order chi connectivity index (χ1) is 8.20. The third-order valence-electron chi connectivity index (χ3n) is 3.66. The Hall–Kier alpha value is -0.930. The molecule has 0 aliphatic carbocycles. The van der Waals surface area contributed by atoms with Gasteiger partial charge >= 0.3 is 0 Å². The molecular weight excluding hydrogens is 215 g/mol. The first kappa shape index (κ1) is 12.5. The molecule has 17 heavy (non-hydrogen) atoms. The van der Waals surface area contributed by atoms with Crippen molar-refractivity contribution in [3.05, 3.63) is 35.6 Å². The molecule has 1 aromatic rings. The molecule has 0 radical (unpaired) electrons. The molecule has 0 spiro atoms. The van der Waals surface area contributed by atoms with E-state index in [1.54, 1.807) is 12.1 Å². The Morgan fingerprint density at radius 1 is 1.29 bits per heavy atom. The Balaban J connectivity index is 2.08. The van der Waals surface area contributed by atoms with E-state index < -0.39 is 0 Å². The molecule has 3 heteroatoms. The molecule has 1 aromatic carbocycles. The fourth-order valence-electron chi connectivity index (χ4n) is 2.62. The van der Waals surface area contributed by atoms with Crippen molar-refractivity contribution in [2.24, 2.45) is 5.73 Å². The molecule has 1 saturated heterocycles. The van der Waals surface area contributed by atoms with Gasteiger partial charge in [0.2, 0.25) is 0 Å². The van der Waals surface area contributed by atoms with Crippen LogP contribution in [0.25, 0.3) is 0 Å². The van der Waals surface area contributed by atoms with E-state index in [-0.39, 0.29) is 5.82 Å². The van der Waals surface area contributed by atoms with E-state index in [4.69, 9.17) is 5.73 Å². The van der Waals surface area contributed by atoms with Gasteiger partial charge in [0.15, 0.2) is 0 Å². The van der Waals surface area contributed by atoms with Gasteiger partial charge in [-0.15, -0.1) is 0 Å². The number of hydrogen-bond acceptors (Lipinski definition) is 2. The summed E-state index contributed by atoms with van der Waals surface area (Å²) in [6, 6.07) is 7.66. The second kappa shape index (κ2) is 5.61. The molecule has 1 fully saturated rings. The highest BCUT2D eigenvalue weighted by Gasteiger charge is 2.23. The van der Waals surface area contributed by atoms with Crippen LogP contribution in [0.2, 0.25) is 0 Å². The Kier molecular flexibility index (Phi) is 4.13. The standard InChI is InChI=1S/C14H21FN2/c1-2-14(11-3-5-12(15)6-4-11)17-9-7-13(16)8-10-17/h3-6,13-14H,2,7-10,16H2,1H3. The van der Waals surface area contributed by atoms with Gasteiger partial charge < -0.3 is 5.73 Å². The first-order valence-electron chi connectivity index (χ1n) is 6.45. The van der Waals surface area contributed by atoms with Gasteiger partial charge in [0.1, 0.15) is 5.82 Å². The second-order valence-electron chi connectivity index (χ2n) is 4.85. The van der Waals surface area contributed by atoms with Crippen LogP contribution < -0.4 is 5.73 Å². The summed E-state index contributed by atoms with van der Waals surface area (Å²) in [5.74, 6) is -0.163. The zero-order chi connectivity index (χ0) is 12.3. The molecule has 0 bridgehead atoms. The summed E-state index contributed by atoms with van der Waals surface area (Å²) < 4.78 is 12.9. The summed E-state index contributed by atoms with van der Waals surface area (Å²) in [5.41, 5.74) is 7.13. The van der Waals surface area contributed by atoms with Crippen molar-refractivity contribution in [3.63, 3.8) is 0 Å². The van der Waals surface area contributed by atoms with E-state index >= 15 is 0 Å². The number of hydrogen-bond donors (Lipinski definition) is 1. The number of piperidine rings is 1. The van der Waals surface area contributed by atoms with Crippen molar-refractivity contribution in [3.8, 4) is 0 Å². The van der Waals surface area contributed by atoms with E-state index in [1.165, 1.54) is 5.56 Å². The SMILES string of the molecule is CCC(c1ccc(F)cc1)N1CCC(N)CC1. The van der Waals surface area contributed by atoms with Crippen LogP contribution in [0.15, 0.2) is 24.3 Å². The minimum Gasteiger partial charge on any atom is -0.328 e. The number of halogens is 1. The molecule has 0 aromatic heterocycles. The lowest BCUT2D eigenvalue weighted by molar-refractivity contribution is 0.149. The second-order valence-corrected chi connectivity index (χ2v) is 4.85. The van der Waals surface area contributed by atoms with Crippen molar-refractivity contribution < 1.29 is 4.39 Å². The van der Waals surface area contributed by atoms with Crippen LogP contribution in [-0.2, 0) is 0 Å². The fraction of sp³-hybridized carbons (Fsp3) is 0.571. The topological polar surface area (TPSA) is 29.3 Å². The van der Waals surface area contributed by atoms with Crippen LogP contribution >= 0.6 is 0 Å². The Morgan fingerprint density at radius 3 is 2.41 bits per heavy atom. The van der Waals surface area contributed by atoms with Gasteiger partial charge in [-0.25, -0.2) is 4.39 Å². The highest BCUT2D eigenvalue weighted by Crippen LogP contribution is 2.27. The summed E-state index contributed by atoms with van der Waals surface area (Å²) in [4.78, 5) is 2.47. The molecular formula is C14H21FN2. The molecule has 2 nitrogen and oxygen atoms in total. The van der Waals surface area contributed by atoms with Gasteiger partial charge in [-0.2, -0.15) is 0 Å². The Morgan fingerprint density at radius 2 is 1.88 bits per heavy atom. The molecule has 2 rings (SSSR count). The van der Waals surface area contributed by atoms with E-state index in [1.807, 2.05) is 12.1 Å². The average molecular weight is 236 g/mol. The van der Waals surface area contributed by atoms with Crippen LogP contribution in [-0.4, -0.2) is 24.0 Å². The highest BCUT2D eigenvalue weighted by atomic mass is 19.1. The summed E-state index contributed by atoms with van der Waals surface area (Å²) in [6.45, 7) is 4.29. The molecule has 2 N–H and O–H groups in total. The lowest BCUT2D eigenvalue weighted by atomic mass is 9.98. The third kappa shape index (κ3) is 3.05. The van der Waals surface area contributed by atoms with Crippen LogP contribution in [0.5, 0.6) is 0 Å². The van der Waals surface area contributed by atoms with Gasteiger partial charge in [-0.1, -0.05) is 19.1 Å². The summed E-state index contributed by atoms with van der Waals surface area (Å²) in [7, 11) is 0. The molecule has 1 heterocycles. The zero-order valence-corrected chi connectivity index (χ0v) is 10.4. The number of rotatable bonds is 3. The van der Waals surface area contributed by atoms with Crippen molar-refractivity contribution in [2.75, 3.05) is 13.1 Å². The molecule has 1 atom stereocenters. The van der Waals surface area contributed by atoms with Gasteiger partial charge in [-0.3, -0.25) is 4.90 Å². The van der Waals surface area contributed by atoms with E-state index in [0.29, 0.717) is 12.1 Å². The van der Waals surface area contributed by atoms with Crippen LogP contribution in [0.3, 0.4) is 0 Å². The number of nitrogens with zero attached hydrogens (tertiary/aromatic N) is 1. The maximum atomic E-state index is 12.9. The summed E-state index contributed by atoms with van der Waals surface area (Å²) in [6.07, 6.45) is 3.19. The summed E-state index contributed by atoms with van der Waals surface area (Å²) >= 11 is 0. The first-order valence-corrected chi connectivity index (χ1v) is 6.45. The normalized spacial score (nSPS) is 20.4. The van der Waals surface area contributed by atoms with Crippen LogP contribution in [0.4, 0.5) is 4.39 Å². The van der Waals surface area contributed by atoms with Gasteiger partial charge in [0.25, 0.3) is 0 Å². The van der Waals surface area contributed by atoms with E-state index in [9.17, 15) is 4.39 Å². The predicted molar refractivity (Wildman–Crippen MR) is 68.2 cm³/mol. The van der Waals surface area contributed by atoms with Crippen molar-refractivity contribution in [1.82, 2.24) is 4.90 Å². The minimum absolute atomic E-state index is 0.163. The number of nitrogens with two attached hydrogens (primary N) is 1. The Labute approximate surface area is 103 Å². The maximum absolute atomic E-state index is 12.9. The fourth-order valence-corrected chi connectivity index (χ4v) is 2.62. The smallest absolute Gasteiger partial charge is 0.123 e. The molecule has 1 aliphatic heterocycles. The minimum atomic E-state index is -0.163. The number of likely N-dealkylation sites (tertiary alicyclic amines) is 1. The van der Waals surface area contributed by atoms with Crippen molar-refractivity contribution in [1.29, 1.82) is 0 Å². The third-order valence-corrected chi connectivity index (χ3v) is 3.66. The Bertz CT molecular complexity index is 342. The summed E-state index contributed by atoms with van der Waals surface area (Å²) in [5, 5.41) is 0.